The van der Waals surface area contributed by atoms with E-state index in [-0.39, 0.29) is 29.6 Å². The van der Waals surface area contributed by atoms with E-state index in [1.54, 1.807) is 30.3 Å². The van der Waals surface area contributed by atoms with Gasteiger partial charge in [-0.1, -0.05) is 48.5 Å². The number of aromatic nitrogens is 2. The van der Waals surface area contributed by atoms with Crippen LogP contribution in [0.15, 0.2) is 64.3 Å². The van der Waals surface area contributed by atoms with E-state index in [9.17, 15) is 19.2 Å². The van der Waals surface area contributed by atoms with Crippen LogP contribution in [0, 0.1) is 0 Å². The van der Waals surface area contributed by atoms with Gasteiger partial charge in [-0.25, -0.2) is 5.10 Å². The highest BCUT2D eigenvalue weighted by atomic mass is 32.2. The number of amides is 3. The molecular weight excluding hydrogens is 404 g/mol. The lowest BCUT2D eigenvalue weighted by molar-refractivity contribution is -0.122. The molecule has 1 aliphatic heterocycles. The van der Waals surface area contributed by atoms with Crippen LogP contribution in [0.5, 0.6) is 0 Å². The minimum Gasteiger partial charge on any atom is -0.349 e. The van der Waals surface area contributed by atoms with Crippen LogP contribution in [-0.2, 0) is 4.79 Å². The number of nitrogens with one attached hydrogen (secondary N) is 2. The van der Waals surface area contributed by atoms with Gasteiger partial charge >= 0.3 is 0 Å². The topological polar surface area (TPSA) is 112 Å². The molecule has 1 saturated heterocycles. The number of carbonyl (C=O) groups is 3. The summed E-state index contributed by atoms with van der Waals surface area (Å²) >= 11 is 0.869. The lowest BCUT2D eigenvalue weighted by Gasteiger charge is -2.13. The molecule has 3 amide bonds. The summed E-state index contributed by atoms with van der Waals surface area (Å²) in [5.74, 6) is -0.898. The monoisotopic (exact) mass is 420 g/mol. The number of hydrogen-bond donors (Lipinski definition) is 2. The molecule has 0 bridgehead atoms. The van der Waals surface area contributed by atoms with E-state index in [1.807, 2.05) is 30.3 Å². The summed E-state index contributed by atoms with van der Waals surface area (Å²) in [5, 5.41) is 9.18. The normalized spacial score (nSPS) is 15.2. The maximum absolute atomic E-state index is 12.5. The summed E-state index contributed by atoms with van der Waals surface area (Å²) in [7, 11) is 0. The molecule has 0 saturated carbocycles. The highest BCUT2D eigenvalue weighted by Gasteiger charge is 2.34. The van der Waals surface area contributed by atoms with Crippen molar-refractivity contribution in [1.82, 2.24) is 20.4 Å². The van der Waals surface area contributed by atoms with Gasteiger partial charge in [0.15, 0.2) is 5.69 Å². The van der Waals surface area contributed by atoms with E-state index >= 15 is 0 Å². The first-order valence-corrected chi connectivity index (χ1v) is 9.92. The standard InChI is InChI=1S/C21H16N4O4S/c26-18-15-9-5-4-8-14(15)17(23-24-18)19(27)22-10-11-25-20(28)16(30-21(25)29)12-13-6-2-1-3-7-13/h1-9,12H,10-11H2,(H,22,27)(H,24,26)/b16-12-. The van der Waals surface area contributed by atoms with Gasteiger partial charge in [0.05, 0.1) is 10.3 Å². The van der Waals surface area contributed by atoms with Crippen LogP contribution in [0.2, 0.25) is 0 Å². The Kier molecular flexibility index (Phi) is 5.44. The van der Waals surface area contributed by atoms with Crippen molar-refractivity contribution in [2.75, 3.05) is 13.1 Å². The molecule has 150 valence electrons. The Bertz CT molecular complexity index is 1240. The van der Waals surface area contributed by atoms with Gasteiger partial charge in [0.25, 0.3) is 22.6 Å². The molecule has 1 aromatic heterocycles. The van der Waals surface area contributed by atoms with Crippen molar-refractivity contribution < 1.29 is 14.4 Å². The quantitative estimate of drug-likeness (QED) is 0.613. The average molecular weight is 420 g/mol. The number of hydrogen-bond acceptors (Lipinski definition) is 6. The van der Waals surface area contributed by atoms with Crippen LogP contribution in [-0.4, -0.2) is 45.2 Å². The molecule has 2 N–H and O–H groups in total. The SMILES string of the molecule is O=C(NCCN1C(=O)S/C(=C\c2ccccc2)C1=O)c1n[nH]c(=O)c2ccccc12. The second-order valence-corrected chi connectivity index (χ2v) is 7.44. The first-order chi connectivity index (χ1) is 14.5. The smallest absolute Gasteiger partial charge is 0.293 e. The van der Waals surface area contributed by atoms with E-state index in [0.717, 1.165) is 22.2 Å². The van der Waals surface area contributed by atoms with E-state index in [2.05, 4.69) is 15.5 Å². The highest BCUT2D eigenvalue weighted by Crippen LogP contribution is 2.31. The molecule has 3 aromatic rings. The third-order valence-electron chi connectivity index (χ3n) is 4.50. The fraction of sp³-hybridized carbons (Fsp3) is 0.0952. The number of rotatable bonds is 5. The van der Waals surface area contributed by atoms with Gasteiger partial charge in [-0.15, -0.1) is 0 Å². The fourth-order valence-electron chi connectivity index (χ4n) is 3.05. The lowest BCUT2D eigenvalue weighted by Crippen LogP contribution is -2.37. The minimum atomic E-state index is -0.505. The van der Waals surface area contributed by atoms with Gasteiger partial charge in [-0.3, -0.25) is 24.1 Å². The molecule has 8 nitrogen and oxygen atoms in total. The molecule has 4 rings (SSSR count). The molecule has 1 aliphatic rings. The van der Waals surface area contributed by atoms with Crippen molar-refractivity contribution in [2.24, 2.45) is 0 Å². The molecule has 0 unspecified atom stereocenters. The number of benzene rings is 2. The lowest BCUT2D eigenvalue weighted by atomic mass is 10.1. The first kappa shape index (κ1) is 19.6. The zero-order chi connectivity index (χ0) is 21.1. The number of H-pyrrole nitrogens is 1. The minimum absolute atomic E-state index is 0.0316. The van der Waals surface area contributed by atoms with Crippen LogP contribution in [0.4, 0.5) is 4.79 Å². The van der Waals surface area contributed by atoms with E-state index in [4.69, 9.17) is 0 Å². The van der Waals surface area contributed by atoms with Gasteiger partial charge < -0.3 is 5.32 Å². The molecule has 30 heavy (non-hydrogen) atoms. The van der Waals surface area contributed by atoms with Crippen LogP contribution >= 0.6 is 11.8 Å². The third kappa shape index (κ3) is 3.87. The Hall–Kier alpha value is -3.72. The molecule has 2 aromatic carbocycles. The second-order valence-electron chi connectivity index (χ2n) is 6.45. The van der Waals surface area contributed by atoms with Gasteiger partial charge in [0.2, 0.25) is 0 Å². The summed E-state index contributed by atoms with van der Waals surface area (Å²) in [4.78, 5) is 50.5. The number of carbonyl (C=O) groups excluding carboxylic acids is 3. The number of aromatic amines is 1. The van der Waals surface area contributed by atoms with Crippen molar-refractivity contribution in [3.8, 4) is 0 Å². The third-order valence-corrected chi connectivity index (χ3v) is 5.41. The Labute approximate surface area is 175 Å². The Morgan fingerprint density at radius 3 is 2.50 bits per heavy atom. The summed E-state index contributed by atoms with van der Waals surface area (Å²) in [5.41, 5.74) is 0.515. The number of thioether (sulfide) groups is 1. The van der Waals surface area contributed by atoms with Crippen LogP contribution < -0.4 is 10.9 Å². The van der Waals surface area contributed by atoms with Gasteiger partial charge in [-0.05, 0) is 29.5 Å². The molecule has 2 heterocycles. The van der Waals surface area contributed by atoms with Crippen molar-refractivity contribution >= 4 is 45.7 Å². The Morgan fingerprint density at radius 1 is 1.03 bits per heavy atom. The summed E-state index contributed by atoms with van der Waals surface area (Å²) in [6.45, 7) is 0.0917. The predicted octanol–water partition coefficient (Wildman–Crippen LogP) is 2.39. The zero-order valence-electron chi connectivity index (χ0n) is 15.6. The Morgan fingerprint density at radius 2 is 1.73 bits per heavy atom. The molecule has 0 spiro atoms. The highest BCUT2D eigenvalue weighted by molar-refractivity contribution is 8.18. The summed E-state index contributed by atoms with van der Waals surface area (Å²) < 4.78 is 0. The predicted molar refractivity (Wildman–Crippen MR) is 114 cm³/mol. The molecule has 0 radical (unpaired) electrons. The summed E-state index contributed by atoms with van der Waals surface area (Å²) in [6, 6.07) is 15.9. The average Bonchev–Trinajstić information content (AvgIpc) is 3.02. The fourth-order valence-corrected chi connectivity index (χ4v) is 3.91. The van der Waals surface area contributed by atoms with Gasteiger partial charge in [0, 0.05) is 18.5 Å². The van der Waals surface area contributed by atoms with E-state index in [0.29, 0.717) is 15.7 Å². The number of fused-ring (bicyclic) bond motifs is 1. The molecule has 0 atom stereocenters. The molecular formula is C21H16N4O4S. The molecule has 9 heteroatoms. The van der Waals surface area contributed by atoms with Crippen molar-refractivity contribution in [3.05, 3.63) is 81.1 Å². The zero-order valence-corrected chi connectivity index (χ0v) is 16.4. The van der Waals surface area contributed by atoms with Crippen LogP contribution in [0.3, 0.4) is 0 Å². The number of nitrogens with zero attached hydrogens (tertiary/aromatic N) is 2. The molecule has 0 aliphatic carbocycles. The van der Waals surface area contributed by atoms with E-state index < -0.39 is 11.8 Å². The molecule has 1 fully saturated rings. The van der Waals surface area contributed by atoms with Crippen molar-refractivity contribution in [1.29, 1.82) is 0 Å². The van der Waals surface area contributed by atoms with Crippen LogP contribution in [0.1, 0.15) is 16.1 Å². The number of imide groups is 1. The maximum atomic E-state index is 12.5. The Balaban J connectivity index is 1.42. The maximum Gasteiger partial charge on any atom is 0.293 e. The second kappa shape index (κ2) is 8.34. The summed E-state index contributed by atoms with van der Waals surface area (Å²) in [6.07, 6.45) is 1.67. The largest absolute Gasteiger partial charge is 0.349 e. The van der Waals surface area contributed by atoms with Crippen LogP contribution in [0.25, 0.3) is 16.8 Å². The van der Waals surface area contributed by atoms with Gasteiger partial charge in [-0.2, -0.15) is 5.10 Å². The first-order valence-electron chi connectivity index (χ1n) is 9.10. The van der Waals surface area contributed by atoms with Gasteiger partial charge in [0.1, 0.15) is 0 Å². The van der Waals surface area contributed by atoms with Crippen molar-refractivity contribution in [3.63, 3.8) is 0 Å². The van der Waals surface area contributed by atoms with Crippen molar-refractivity contribution in [2.45, 2.75) is 0 Å². The van der Waals surface area contributed by atoms with E-state index in [1.165, 1.54) is 0 Å².